The summed E-state index contributed by atoms with van der Waals surface area (Å²) < 4.78 is 4.87. The molecule has 1 atom stereocenters. The van der Waals surface area contributed by atoms with Gasteiger partial charge in [0.2, 0.25) is 0 Å². The molecule has 2 aliphatic heterocycles. The maximum absolute atomic E-state index is 5.10. The van der Waals surface area contributed by atoms with Gasteiger partial charge in [0.25, 0.3) is 0 Å². The number of rotatable bonds is 5. The predicted molar refractivity (Wildman–Crippen MR) is 206 cm³/mol. The molecule has 0 fully saturated rings. The summed E-state index contributed by atoms with van der Waals surface area (Å²) in [5.41, 5.74) is 8.94. The Morgan fingerprint density at radius 3 is 1.66 bits per heavy atom. The number of amidine groups is 2. The number of aliphatic imine (C=N–C) groups is 2. The lowest BCUT2D eigenvalue weighted by molar-refractivity contribution is 0.569. The summed E-state index contributed by atoms with van der Waals surface area (Å²) >= 11 is 0. The lowest BCUT2D eigenvalue weighted by atomic mass is 10.1. The number of aromatic nitrogens is 2. The first-order valence-electron chi connectivity index (χ1n) is 17.0. The van der Waals surface area contributed by atoms with Crippen LogP contribution in [0.5, 0.6) is 0 Å². The minimum Gasteiger partial charge on any atom is -0.367 e. The molecule has 238 valence electrons. The lowest BCUT2D eigenvalue weighted by Gasteiger charge is -2.26. The van der Waals surface area contributed by atoms with E-state index < -0.39 is 6.17 Å². The molecular formula is C44H32N6. The molecule has 0 amide bonds. The van der Waals surface area contributed by atoms with Crippen molar-refractivity contribution in [3.05, 3.63) is 187 Å². The predicted octanol–water partition coefficient (Wildman–Crippen LogP) is 9.26. The summed E-state index contributed by atoms with van der Waals surface area (Å²) in [6.07, 6.45) is 5.98. The Kier molecular flexibility index (Phi) is 6.52. The van der Waals surface area contributed by atoms with Crippen LogP contribution in [0.25, 0.3) is 49.3 Å². The van der Waals surface area contributed by atoms with Crippen molar-refractivity contribution in [3.63, 3.8) is 0 Å². The van der Waals surface area contributed by atoms with Gasteiger partial charge >= 0.3 is 0 Å². The van der Waals surface area contributed by atoms with E-state index >= 15 is 0 Å². The van der Waals surface area contributed by atoms with Crippen LogP contribution in [0.4, 0.5) is 0 Å². The van der Waals surface area contributed by atoms with Gasteiger partial charge < -0.3 is 19.8 Å². The molecule has 4 heterocycles. The molecule has 0 radical (unpaired) electrons. The van der Waals surface area contributed by atoms with Gasteiger partial charge in [-0.2, -0.15) is 0 Å². The summed E-state index contributed by atoms with van der Waals surface area (Å²) in [6, 6.07) is 53.2. The highest BCUT2D eigenvalue weighted by Gasteiger charge is 2.26. The first-order chi connectivity index (χ1) is 24.8. The summed E-state index contributed by atoms with van der Waals surface area (Å²) in [4.78, 5) is 10.2. The van der Waals surface area contributed by atoms with E-state index in [9.17, 15) is 0 Å². The molecule has 50 heavy (non-hydrogen) atoms. The van der Waals surface area contributed by atoms with Crippen LogP contribution in [0.15, 0.2) is 186 Å². The summed E-state index contributed by atoms with van der Waals surface area (Å²) in [5, 5.41) is 12.2. The van der Waals surface area contributed by atoms with Gasteiger partial charge in [0.1, 0.15) is 17.8 Å². The number of benzene rings is 6. The van der Waals surface area contributed by atoms with Crippen LogP contribution >= 0.6 is 0 Å². The maximum Gasteiger partial charge on any atom is 0.171 e. The molecule has 1 unspecified atom stereocenters. The quantitative estimate of drug-likeness (QED) is 0.196. The Morgan fingerprint density at radius 1 is 0.500 bits per heavy atom. The SMILES string of the molecule is C1=CC(n2c3ccccc3c3ccc4c5ccccc5n(-c5ccccc5)c4c32)NC=C1C1N=C(c2ccccc2)NC(c2ccccc2)=N1. The highest BCUT2D eigenvalue weighted by atomic mass is 15.2. The van der Waals surface area contributed by atoms with Crippen molar-refractivity contribution in [2.24, 2.45) is 9.98 Å². The average molecular weight is 645 g/mol. The minimum atomic E-state index is -0.406. The maximum atomic E-state index is 5.10. The minimum absolute atomic E-state index is 0.133. The number of hydrogen-bond donors (Lipinski definition) is 2. The number of nitrogens with one attached hydrogen (secondary N) is 2. The third-order valence-electron chi connectivity index (χ3n) is 9.82. The van der Waals surface area contributed by atoms with Crippen LogP contribution in [0.2, 0.25) is 0 Å². The van der Waals surface area contributed by atoms with Crippen LogP contribution in [0.1, 0.15) is 17.3 Å². The van der Waals surface area contributed by atoms with Crippen LogP contribution in [-0.4, -0.2) is 27.0 Å². The zero-order chi connectivity index (χ0) is 33.0. The molecule has 0 saturated carbocycles. The van der Waals surface area contributed by atoms with Gasteiger partial charge in [-0.05, 0) is 30.3 Å². The van der Waals surface area contributed by atoms with E-state index in [0.717, 1.165) is 34.1 Å². The number of fused-ring (bicyclic) bond motifs is 7. The molecule has 10 rings (SSSR count). The van der Waals surface area contributed by atoms with Crippen LogP contribution in [0, 0.1) is 0 Å². The van der Waals surface area contributed by atoms with Crippen molar-refractivity contribution in [2.45, 2.75) is 12.3 Å². The fraction of sp³-hybridized carbons (Fsp3) is 0.0455. The molecular weight excluding hydrogens is 613 g/mol. The highest BCUT2D eigenvalue weighted by Crippen LogP contribution is 2.41. The Bertz CT molecular complexity index is 2640. The third kappa shape index (κ3) is 4.49. The van der Waals surface area contributed by atoms with E-state index in [4.69, 9.17) is 9.98 Å². The van der Waals surface area contributed by atoms with Gasteiger partial charge in [-0.25, -0.2) is 9.98 Å². The van der Waals surface area contributed by atoms with Crippen molar-refractivity contribution in [3.8, 4) is 5.69 Å². The molecule has 0 spiro atoms. The Balaban J connectivity index is 1.13. The average Bonchev–Trinajstić information content (AvgIpc) is 3.72. The van der Waals surface area contributed by atoms with Crippen LogP contribution in [0.3, 0.4) is 0 Å². The van der Waals surface area contributed by atoms with Crippen LogP contribution in [-0.2, 0) is 0 Å². The summed E-state index contributed by atoms with van der Waals surface area (Å²) in [7, 11) is 0. The second-order valence-corrected chi connectivity index (χ2v) is 12.7. The Hall–Kier alpha value is -6.66. The highest BCUT2D eigenvalue weighted by molar-refractivity contribution is 6.23. The second-order valence-electron chi connectivity index (χ2n) is 12.7. The molecule has 0 aliphatic carbocycles. The van der Waals surface area contributed by atoms with Gasteiger partial charge in [-0.3, -0.25) is 0 Å². The largest absolute Gasteiger partial charge is 0.367 e. The first kappa shape index (κ1) is 28.4. The van der Waals surface area contributed by atoms with E-state index in [0.29, 0.717) is 0 Å². The van der Waals surface area contributed by atoms with Crippen molar-refractivity contribution in [2.75, 3.05) is 0 Å². The molecule has 2 aliphatic rings. The van der Waals surface area contributed by atoms with E-state index in [2.05, 4.69) is 153 Å². The fourth-order valence-electron chi connectivity index (χ4n) is 7.56. The molecule has 2 aromatic heterocycles. The van der Waals surface area contributed by atoms with Gasteiger partial charge in [-0.1, -0.05) is 133 Å². The van der Waals surface area contributed by atoms with E-state index in [1.54, 1.807) is 0 Å². The monoisotopic (exact) mass is 644 g/mol. The number of hydrogen-bond acceptors (Lipinski definition) is 4. The van der Waals surface area contributed by atoms with E-state index in [1.165, 1.54) is 43.6 Å². The smallest absolute Gasteiger partial charge is 0.171 e. The Labute approximate surface area is 289 Å². The molecule has 0 bridgehead atoms. The van der Waals surface area contributed by atoms with Gasteiger partial charge in [0.05, 0.1) is 22.1 Å². The molecule has 2 N–H and O–H groups in total. The lowest BCUT2D eigenvalue weighted by Crippen LogP contribution is -2.38. The molecule has 8 aromatic rings. The molecule has 6 aromatic carbocycles. The topological polar surface area (TPSA) is 58.6 Å². The van der Waals surface area contributed by atoms with Crippen molar-refractivity contribution in [1.29, 1.82) is 0 Å². The molecule has 6 heteroatoms. The van der Waals surface area contributed by atoms with Crippen LogP contribution < -0.4 is 10.6 Å². The number of dihydropyridines is 1. The normalized spacial score (nSPS) is 16.3. The molecule has 0 saturated heterocycles. The molecule has 6 nitrogen and oxygen atoms in total. The van der Waals surface area contributed by atoms with Gasteiger partial charge in [-0.15, -0.1) is 0 Å². The van der Waals surface area contributed by atoms with Gasteiger partial charge in [0, 0.05) is 50.1 Å². The van der Waals surface area contributed by atoms with Crippen molar-refractivity contribution >= 4 is 55.3 Å². The summed E-state index contributed by atoms with van der Waals surface area (Å²) in [5.74, 6) is 1.61. The number of para-hydroxylation sites is 3. The van der Waals surface area contributed by atoms with Crippen molar-refractivity contribution in [1.82, 2.24) is 19.8 Å². The van der Waals surface area contributed by atoms with E-state index in [-0.39, 0.29) is 6.17 Å². The second kappa shape index (κ2) is 11.5. The zero-order valence-electron chi connectivity index (χ0n) is 27.1. The first-order valence-corrected chi connectivity index (χ1v) is 17.0. The van der Waals surface area contributed by atoms with Gasteiger partial charge in [0.15, 0.2) is 6.17 Å². The number of nitrogens with zero attached hydrogens (tertiary/aromatic N) is 4. The third-order valence-corrected chi connectivity index (χ3v) is 9.82. The van der Waals surface area contributed by atoms with E-state index in [1.807, 2.05) is 36.4 Å². The zero-order valence-corrected chi connectivity index (χ0v) is 27.1. The summed E-state index contributed by atoms with van der Waals surface area (Å²) in [6.45, 7) is 0. The fourth-order valence-corrected chi connectivity index (χ4v) is 7.56. The Morgan fingerprint density at radius 2 is 1.04 bits per heavy atom. The standard InChI is InChI=1S/C44H32N6/c1-4-14-29(15-5-1)42-46-43(30-16-6-2-7-17-30)48-44(47-42)31-24-27-39(45-28-31)50-38-23-13-11-21-34(38)36-26-25-35-33-20-10-12-22-37(33)49(40(35)41(36)50)32-18-8-3-9-19-32/h1-28,39,44-45H,(H,46,47,48). The van der Waals surface area contributed by atoms with Crippen molar-refractivity contribution < 1.29 is 0 Å².